The molecule has 0 aromatic heterocycles. The Morgan fingerprint density at radius 3 is 2.59 bits per heavy atom. The summed E-state index contributed by atoms with van der Waals surface area (Å²) in [6, 6.07) is 6.77. The van der Waals surface area contributed by atoms with Gasteiger partial charge in [-0.2, -0.15) is 0 Å². The lowest BCUT2D eigenvalue weighted by atomic mass is 10.1. The number of carbonyl (C=O) groups excluding carboxylic acids is 1. The molecule has 0 radical (unpaired) electrons. The summed E-state index contributed by atoms with van der Waals surface area (Å²) in [6.07, 6.45) is 0.805. The number of rotatable bonds is 5. The van der Waals surface area contributed by atoms with Gasteiger partial charge < -0.3 is 0 Å². The van der Waals surface area contributed by atoms with Crippen LogP contribution < -0.4 is 0 Å². The quantitative estimate of drug-likeness (QED) is 0.770. The molecule has 0 spiro atoms. The van der Waals surface area contributed by atoms with Gasteiger partial charge in [-0.05, 0) is 25.5 Å². The molecule has 3 unspecified atom stereocenters. The molecule has 1 rings (SSSR count). The third-order valence-electron chi connectivity index (χ3n) is 2.80. The van der Waals surface area contributed by atoms with E-state index in [-0.39, 0.29) is 11.0 Å². The van der Waals surface area contributed by atoms with Gasteiger partial charge in [-0.15, -0.1) is 0 Å². The van der Waals surface area contributed by atoms with Crippen LogP contribution in [0.5, 0.6) is 0 Å². The minimum atomic E-state index is -1.14. The average molecular weight is 273 g/mol. The smallest absolute Gasteiger partial charge is 0.178 e. The molecule has 1 aromatic carbocycles. The summed E-state index contributed by atoms with van der Waals surface area (Å²) in [4.78, 5) is 12.1. The Hall–Kier alpha value is -0.670. The number of ketones is 1. The van der Waals surface area contributed by atoms with Crippen molar-refractivity contribution in [2.45, 2.75) is 37.7 Å². The van der Waals surface area contributed by atoms with Crippen LogP contribution in [-0.4, -0.2) is 20.5 Å². The second-order valence-electron chi connectivity index (χ2n) is 4.06. The van der Waals surface area contributed by atoms with Crippen molar-refractivity contribution in [3.8, 4) is 0 Å². The van der Waals surface area contributed by atoms with Crippen LogP contribution in [-0.2, 0) is 10.8 Å². The number of halogens is 1. The van der Waals surface area contributed by atoms with Crippen LogP contribution in [0, 0.1) is 0 Å². The molecule has 0 heterocycles. The first-order chi connectivity index (χ1) is 7.97. The highest BCUT2D eigenvalue weighted by Gasteiger charge is 2.24. The van der Waals surface area contributed by atoms with Crippen LogP contribution in [0.3, 0.4) is 0 Å². The van der Waals surface area contributed by atoms with Crippen molar-refractivity contribution >= 4 is 28.2 Å². The standard InChI is InChI=1S/C13H17ClO2S/c1-4-9(2)17(16)10(3)13(15)11-6-5-7-12(14)8-11/h5-10H,4H2,1-3H3. The highest BCUT2D eigenvalue weighted by molar-refractivity contribution is 7.87. The summed E-state index contributed by atoms with van der Waals surface area (Å²) in [5.74, 6) is -0.105. The zero-order valence-electron chi connectivity index (χ0n) is 10.3. The fraction of sp³-hybridized carbons (Fsp3) is 0.462. The van der Waals surface area contributed by atoms with Crippen LogP contribution >= 0.6 is 11.6 Å². The Bertz CT molecular complexity index is 431. The molecular weight excluding hydrogens is 256 g/mol. The summed E-state index contributed by atoms with van der Waals surface area (Å²) in [5, 5.41) is 0.0777. The molecule has 1 aromatic rings. The van der Waals surface area contributed by atoms with Crippen molar-refractivity contribution in [2.75, 3.05) is 0 Å². The molecule has 17 heavy (non-hydrogen) atoms. The lowest BCUT2D eigenvalue weighted by Gasteiger charge is -2.15. The van der Waals surface area contributed by atoms with Gasteiger partial charge in [0.1, 0.15) is 0 Å². The van der Waals surface area contributed by atoms with Gasteiger partial charge in [-0.3, -0.25) is 9.00 Å². The Labute approximate surface area is 110 Å². The first-order valence-electron chi connectivity index (χ1n) is 5.66. The predicted octanol–water partition coefficient (Wildman–Crippen LogP) is 3.46. The van der Waals surface area contributed by atoms with E-state index in [2.05, 4.69) is 0 Å². The van der Waals surface area contributed by atoms with Gasteiger partial charge in [0.05, 0.1) is 5.25 Å². The third-order valence-corrected chi connectivity index (χ3v) is 5.07. The van der Waals surface area contributed by atoms with Gasteiger partial charge in [-0.1, -0.05) is 37.6 Å². The molecule has 0 amide bonds. The molecule has 0 fully saturated rings. The molecule has 0 aliphatic rings. The SMILES string of the molecule is CCC(C)S(=O)C(C)C(=O)c1cccc(Cl)c1. The van der Waals surface area contributed by atoms with Crippen LogP contribution in [0.4, 0.5) is 0 Å². The maximum atomic E-state index is 12.1. The number of Topliss-reactive ketones (excluding diaryl/α,β-unsaturated/α-hetero) is 1. The summed E-state index contributed by atoms with van der Waals surface area (Å²) >= 11 is 5.83. The fourth-order valence-electron chi connectivity index (χ4n) is 1.49. The van der Waals surface area contributed by atoms with Gasteiger partial charge >= 0.3 is 0 Å². The summed E-state index contributed by atoms with van der Waals surface area (Å²) in [7, 11) is -1.14. The van der Waals surface area contributed by atoms with Crippen molar-refractivity contribution in [3.63, 3.8) is 0 Å². The summed E-state index contributed by atoms with van der Waals surface area (Å²) in [6.45, 7) is 5.59. The van der Waals surface area contributed by atoms with Crippen molar-refractivity contribution in [1.82, 2.24) is 0 Å². The van der Waals surface area contributed by atoms with Gasteiger partial charge in [0.15, 0.2) is 5.78 Å². The van der Waals surface area contributed by atoms with E-state index < -0.39 is 16.0 Å². The van der Waals surface area contributed by atoms with E-state index >= 15 is 0 Å². The van der Waals surface area contributed by atoms with E-state index in [9.17, 15) is 9.00 Å². The van der Waals surface area contributed by atoms with Gasteiger partial charge in [0, 0.05) is 26.6 Å². The molecule has 94 valence electrons. The lowest BCUT2D eigenvalue weighted by molar-refractivity contribution is 0.0992. The van der Waals surface area contributed by atoms with Crippen molar-refractivity contribution in [2.24, 2.45) is 0 Å². The topological polar surface area (TPSA) is 34.1 Å². The first-order valence-corrected chi connectivity index (χ1v) is 7.32. The molecule has 0 aliphatic carbocycles. The molecule has 0 saturated carbocycles. The molecule has 3 atom stereocenters. The third kappa shape index (κ3) is 3.65. The van der Waals surface area contributed by atoms with E-state index in [0.717, 1.165) is 6.42 Å². The van der Waals surface area contributed by atoms with Crippen LogP contribution in [0.15, 0.2) is 24.3 Å². The van der Waals surface area contributed by atoms with E-state index in [1.165, 1.54) is 0 Å². The molecule has 0 aliphatic heterocycles. The Kier molecular flexibility index (Phi) is 5.34. The maximum Gasteiger partial charge on any atom is 0.178 e. The second-order valence-corrected chi connectivity index (χ2v) is 6.67. The van der Waals surface area contributed by atoms with E-state index in [4.69, 9.17) is 11.6 Å². The van der Waals surface area contributed by atoms with Crippen LogP contribution in [0.2, 0.25) is 5.02 Å². The maximum absolute atomic E-state index is 12.1. The summed E-state index contributed by atoms with van der Waals surface area (Å²) in [5.41, 5.74) is 0.529. The molecular formula is C13H17ClO2S. The van der Waals surface area contributed by atoms with Gasteiger partial charge in [-0.25, -0.2) is 0 Å². The highest BCUT2D eigenvalue weighted by Crippen LogP contribution is 2.16. The molecule has 2 nitrogen and oxygen atoms in total. The Morgan fingerprint density at radius 1 is 1.41 bits per heavy atom. The normalized spacial score (nSPS) is 16.2. The Balaban J connectivity index is 2.87. The van der Waals surface area contributed by atoms with E-state index in [1.807, 2.05) is 13.8 Å². The van der Waals surface area contributed by atoms with Crippen molar-refractivity contribution in [3.05, 3.63) is 34.9 Å². The number of hydrogen-bond acceptors (Lipinski definition) is 2. The van der Waals surface area contributed by atoms with Crippen LogP contribution in [0.25, 0.3) is 0 Å². The van der Waals surface area contributed by atoms with Gasteiger partial charge in [0.2, 0.25) is 0 Å². The predicted molar refractivity (Wildman–Crippen MR) is 73.1 cm³/mol. The molecule has 4 heteroatoms. The number of carbonyl (C=O) groups is 1. The van der Waals surface area contributed by atoms with E-state index in [0.29, 0.717) is 10.6 Å². The highest BCUT2D eigenvalue weighted by atomic mass is 35.5. The molecule has 0 N–H and O–H groups in total. The number of hydrogen-bond donors (Lipinski definition) is 0. The lowest BCUT2D eigenvalue weighted by Crippen LogP contribution is -2.28. The Morgan fingerprint density at radius 2 is 2.06 bits per heavy atom. The molecule has 0 saturated heterocycles. The zero-order valence-corrected chi connectivity index (χ0v) is 11.8. The molecule has 0 bridgehead atoms. The average Bonchev–Trinajstić information content (AvgIpc) is 2.35. The minimum absolute atomic E-state index is 0.0353. The van der Waals surface area contributed by atoms with Crippen LogP contribution in [0.1, 0.15) is 37.6 Å². The van der Waals surface area contributed by atoms with Crippen molar-refractivity contribution < 1.29 is 9.00 Å². The number of benzene rings is 1. The largest absolute Gasteiger partial charge is 0.293 e. The van der Waals surface area contributed by atoms with E-state index in [1.54, 1.807) is 31.2 Å². The van der Waals surface area contributed by atoms with Crippen molar-refractivity contribution in [1.29, 1.82) is 0 Å². The minimum Gasteiger partial charge on any atom is -0.293 e. The first kappa shape index (κ1) is 14.4. The van der Waals surface area contributed by atoms with Gasteiger partial charge in [0.25, 0.3) is 0 Å². The monoisotopic (exact) mass is 272 g/mol. The summed E-state index contributed by atoms with van der Waals surface area (Å²) < 4.78 is 12.0. The fourth-order valence-corrected chi connectivity index (χ4v) is 3.06. The second kappa shape index (κ2) is 6.31. The zero-order chi connectivity index (χ0) is 13.0.